The summed E-state index contributed by atoms with van der Waals surface area (Å²) in [6.45, 7) is 2.35. The quantitative estimate of drug-likeness (QED) is 0.809. The molecule has 1 saturated carbocycles. The van der Waals surface area contributed by atoms with Crippen molar-refractivity contribution < 1.29 is 0 Å². The van der Waals surface area contributed by atoms with Gasteiger partial charge in [0.2, 0.25) is 0 Å². The number of aromatic nitrogens is 5. The van der Waals surface area contributed by atoms with Crippen molar-refractivity contribution in [3.63, 3.8) is 0 Å². The van der Waals surface area contributed by atoms with Crippen molar-refractivity contribution in [2.24, 2.45) is 7.05 Å². The fraction of sp³-hybridized carbons (Fsp3) is 0.538. The molecule has 21 heavy (non-hydrogen) atoms. The Morgan fingerprint density at radius 2 is 2.10 bits per heavy atom. The third-order valence-corrected chi connectivity index (χ3v) is 4.87. The van der Waals surface area contributed by atoms with Crippen LogP contribution in [0.15, 0.2) is 15.5 Å². The lowest BCUT2D eigenvalue weighted by Gasteiger charge is -2.30. The van der Waals surface area contributed by atoms with Crippen LogP contribution in [-0.2, 0) is 20.1 Å². The van der Waals surface area contributed by atoms with E-state index in [9.17, 15) is 4.79 Å². The van der Waals surface area contributed by atoms with Crippen LogP contribution < -0.4 is 10.5 Å². The Kier molecular flexibility index (Phi) is 2.88. The molecule has 1 aliphatic heterocycles. The zero-order valence-electron chi connectivity index (χ0n) is 11.7. The van der Waals surface area contributed by atoms with Crippen molar-refractivity contribution >= 4 is 21.6 Å². The summed E-state index contributed by atoms with van der Waals surface area (Å²) in [5.41, 5.74) is 0.693. The first kappa shape index (κ1) is 13.0. The maximum Gasteiger partial charge on any atom is 0.282 e. The SMILES string of the molecule is Cn1ncc(N2CCn3c(nnc3C3CC3)C2)c(Br)c1=O. The largest absolute Gasteiger partial charge is 0.360 e. The number of rotatable bonds is 2. The first-order chi connectivity index (χ1) is 10.1. The van der Waals surface area contributed by atoms with Crippen LogP contribution in [-0.4, -0.2) is 31.1 Å². The molecule has 4 rings (SSSR count). The topological polar surface area (TPSA) is 68.8 Å². The van der Waals surface area contributed by atoms with Gasteiger partial charge in [-0.3, -0.25) is 4.79 Å². The molecule has 0 amide bonds. The lowest BCUT2D eigenvalue weighted by Crippen LogP contribution is -2.36. The molecule has 0 radical (unpaired) electrons. The van der Waals surface area contributed by atoms with Crippen LogP contribution in [0, 0.1) is 0 Å². The van der Waals surface area contributed by atoms with Gasteiger partial charge in [-0.15, -0.1) is 10.2 Å². The van der Waals surface area contributed by atoms with Crippen molar-refractivity contribution in [3.8, 4) is 0 Å². The summed E-state index contributed by atoms with van der Waals surface area (Å²) in [5, 5.41) is 12.8. The van der Waals surface area contributed by atoms with Crippen LogP contribution in [0.4, 0.5) is 5.69 Å². The molecular formula is C13H15BrN6O. The van der Waals surface area contributed by atoms with E-state index in [-0.39, 0.29) is 5.56 Å². The first-order valence-electron chi connectivity index (χ1n) is 7.04. The van der Waals surface area contributed by atoms with Crippen molar-refractivity contribution in [2.75, 3.05) is 11.4 Å². The molecule has 3 heterocycles. The van der Waals surface area contributed by atoms with Crippen molar-refractivity contribution in [2.45, 2.75) is 31.8 Å². The second-order valence-electron chi connectivity index (χ2n) is 5.59. The number of hydrogen-bond acceptors (Lipinski definition) is 5. The van der Waals surface area contributed by atoms with Crippen LogP contribution in [0.5, 0.6) is 0 Å². The molecule has 0 aromatic carbocycles. The van der Waals surface area contributed by atoms with E-state index in [0.29, 0.717) is 16.9 Å². The average molecular weight is 351 g/mol. The van der Waals surface area contributed by atoms with Gasteiger partial charge >= 0.3 is 0 Å². The smallest absolute Gasteiger partial charge is 0.282 e. The van der Waals surface area contributed by atoms with E-state index in [1.54, 1.807) is 13.2 Å². The Labute approximate surface area is 129 Å². The molecule has 0 spiro atoms. The zero-order valence-corrected chi connectivity index (χ0v) is 13.2. The van der Waals surface area contributed by atoms with Gasteiger partial charge in [0.05, 0.1) is 18.4 Å². The lowest BCUT2D eigenvalue weighted by atomic mass is 10.3. The van der Waals surface area contributed by atoms with Gasteiger partial charge in [0.25, 0.3) is 5.56 Å². The number of hydrogen-bond donors (Lipinski definition) is 0. The standard InChI is InChI=1S/C13H15BrN6O/c1-18-13(21)11(14)9(6-15-18)19-4-5-20-10(7-19)16-17-12(20)8-2-3-8/h6,8H,2-5,7H2,1H3. The summed E-state index contributed by atoms with van der Waals surface area (Å²) in [7, 11) is 1.64. The molecule has 110 valence electrons. The number of fused-ring (bicyclic) bond motifs is 1. The predicted octanol–water partition coefficient (Wildman–Crippen LogP) is 1.03. The molecule has 8 heteroatoms. The molecule has 0 N–H and O–H groups in total. The number of anilines is 1. The molecule has 0 unspecified atom stereocenters. The molecular weight excluding hydrogens is 336 g/mol. The van der Waals surface area contributed by atoms with Gasteiger partial charge < -0.3 is 9.47 Å². The molecule has 1 aliphatic carbocycles. The van der Waals surface area contributed by atoms with Crippen LogP contribution in [0.3, 0.4) is 0 Å². The highest BCUT2D eigenvalue weighted by molar-refractivity contribution is 9.10. The van der Waals surface area contributed by atoms with Crippen molar-refractivity contribution in [1.82, 2.24) is 24.5 Å². The molecule has 2 aromatic rings. The van der Waals surface area contributed by atoms with Gasteiger partial charge in [-0.05, 0) is 28.8 Å². The normalized spacial score (nSPS) is 17.9. The highest BCUT2D eigenvalue weighted by atomic mass is 79.9. The second-order valence-corrected chi connectivity index (χ2v) is 6.39. The third-order valence-electron chi connectivity index (χ3n) is 4.12. The van der Waals surface area contributed by atoms with Crippen LogP contribution in [0.2, 0.25) is 0 Å². The van der Waals surface area contributed by atoms with Crippen LogP contribution in [0.25, 0.3) is 0 Å². The Hall–Kier alpha value is -1.70. The van der Waals surface area contributed by atoms with Crippen molar-refractivity contribution in [3.05, 3.63) is 32.7 Å². The summed E-state index contributed by atoms with van der Waals surface area (Å²) in [6, 6.07) is 0. The van der Waals surface area contributed by atoms with Gasteiger partial charge in [-0.1, -0.05) is 0 Å². The molecule has 7 nitrogen and oxygen atoms in total. The summed E-state index contributed by atoms with van der Waals surface area (Å²) in [6.07, 6.45) is 4.18. The molecule has 0 atom stereocenters. The summed E-state index contributed by atoms with van der Waals surface area (Å²) in [4.78, 5) is 14.1. The van der Waals surface area contributed by atoms with Crippen LogP contribution >= 0.6 is 15.9 Å². The van der Waals surface area contributed by atoms with Gasteiger partial charge in [0.15, 0.2) is 5.82 Å². The van der Waals surface area contributed by atoms with E-state index in [1.165, 1.54) is 17.5 Å². The van der Waals surface area contributed by atoms with Gasteiger partial charge in [0.1, 0.15) is 10.3 Å². The van der Waals surface area contributed by atoms with E-state index in [4.69, 9.17) is 0 Å². The maximum absolute atomic E-state index is 12.0. The zero-order chi connectivity index (χ0) is 14.6. The Morgan fingerprint density at radius 1 is 1.29 bits per heavy atom. The Bertz CT molecular complexity index is 763. The molecule has 2 aliphatic rings. The van der Waals surface area contributed by atoms with E-state index in [0.717, 1.165) is 30.4 Å². The summed E-state index contributed by atoms with van der Waals surface area (Å²) < 4.78 is 4.11. The number of halogens is 1. The summed E-state index contributed by atoms with van der Waals surface area (Å²) in [5.74, 6) is 2.71. The lowest BCUT2D eigenvalue weighted by molar-refractivity contribution is 0.540. The summed E-state index contributed by atoms with van der Waals surface area (Å²) >= 11 is 3.39. The average Bonchev–Trinajstić information content (AvgIpc) is 3.24. The van der Waals surface area contributed by atoms with Crippen LogP contribution in [0.1, 0.15) is 30.4 Å². The predicted molar refractivity (Wildman–Crippen MR) is 80.2 cm³/mol. The van der Waals surface area contributed by atoms with E-state index in [2.05, 4.69) is 40.7 Å². The minimum atomic E-state index is -0.127. The van der Waals surface area contributed by atoms with Gasteiger partial charge in [-0.2, -0.15) is 5.10 Å². The first-order valence-corrected chi connectivity index (χ1v) is 7.83. The fourth-order valence-corrected chi connectivity index (χ4v) is 3.36. The molecule has 0 saturated heterocycles. The third kappa shape index (κ3) is 2.08. The minimum Gasteiger partial charge on any atom is -0.360 e. The second kappa shape index (κ2) is 4.66. The number of aryl methyl sites for hydroxylation is 1. The Balaban J connectivity index is 1.67. The highest BCUT2D eigenvalue weighted by Gasteiger charge is 2.32. The Morgan fingerprint density at radius 3 is 2.86 bits per heavy atom. The minimum absolute atomic E-state index is 0.127. The highest BCUT2D eigenvalue weighted by Crippen LogP contribution is 2.39. The van der Waals surface area contributed by atoms with E-state index < -0.39 is 0 Å². The molecule has 2 aromatic heterocycles. The monoisotopic (exact) mass is 350 g/mol. The van der Waals surface area contributed by atoms with E-state index >= 15 is 0 Å². The maximum atomic E-state index is 12.0. The van der Waals surface area contributed by atoms with E-state index in [1.807, 2.05) is 0 Å². The van der Waals surface area contributed by atoms with Crippen molar-refractivity contribution in [1.29, 1.82) is 0 Å². The molecule has 0 bridgehead atoms. The molecule has 1 fully saturated rings. The number of nitrogens with zero attached hydrogens (tertiary/aromatic N) is 6. The van der Waals surface area contributed by atoms with Gasteiger partial charge in [-0.25, -0.2) is 4.68 Å². The fourth-order valence-electron chi connectivity index (χ4n) is 2.75. The van der Waals surface area contributed by atoms with Gasteiger partial charge in [0, 0.05) is 26.1 Å².